The lowest BCUT2D eigenvalue weighted by molar-refractivity contribution is 0.102. The summed E-state index contributed by atoms with van der Waals surface area (Å²) in [4.78, 5) is 12.7. The molecule has 1 amide bonds. The Hall–Kier alpha value is -3.73. The number of para-hydroxylation sites is 2. The molecular formula is C25H25NO4. The molecule has 0 bridgehead atoms. The number of nitrogens with one attached hydrogen (secondary N) is 1. The van der Waals surface area contributed by atoms with Crippen molar-refractivity contribution in [3.05, 3.63) is 96.6 Å². The van der Waals surface area contributed by atoms with Crippen molar-refractivity contribution in [3.8, 4) is 17.2 Å². The van der Waals surface area contributed by atoms with Crippen molar-refractivity contribution in [1.82, 2.24) is 0 Å². The fourth-order valence-electron chi connectivity index (χ4n) is 2.68. The summed E-state index contributed by atoms with van der Waals surface area (Å²) in [6, 6.07) is 23.9. The number of rotatable bonds is 10. The highest BCUT2D eigenvalue weighted by Crippen LogP contribution is 2.22. The van der Waals surface area contributed by atoms with Gasteiger partial charge in [0.2, 0.25) is 0 Å². The van der Waals surface area contributed by atoms with Crippen molar-refractivity contribution in [2.45, 2.75) is 6.92 Å². The topological polar surface area (TPSA) is 56.8 Å². The first-order valence-corrected chi connectivity index (χ1v) is 9.70. The summed E-state index contributed by atoms with van der Waals surface area (Å²) < 4.78 is 17.0. The van der Waals surface area contributed by atoms with E-state index >= 15 is 0 Å². The molecule has 3 aromatic rings. The zero-order chi connectivity index (χ0) is 21.2. The van der Waals surface area contributed by atoms with Crippen LogP contribution >= 0.6 is 0 Å². The number of hydrogen-bond acceptors (Lipinski definition) is 4. The Morgan fingerprint density at radius 1 is 0.833 bits per heavy atom. The molecule has 1 N–H and O–H groups in total. The third-order valence-corrected chi connectivity index (χ3v) is 4.06. The number of anilines is 1. The van der Waals surface area contributed by atoms with Crippen molar-refractivity contribution in [2.24, 2.45) is 0 Å². The molecule has 0 aliphatic carbocycles. The molecule has 0 aliphatic rings. The van der Waals surface area contributed by atoms with E-state index in [1.807, 2.05) is 61.5 Å². The van der Waals surface area contributed by atoms with Crippen molar-refractivity contribution < 1.29 is 19.0 Å². The lowest BCUT2D eigenvalue weighted by atomic mass is 10.1. The number of carbonyl (C=O) groups excluding carboxylic acids is 1. The van der Waals surface area contributed by atoms with Crippen LogP contribution in [-0.2, 0) is 0 Å². The highest BCUT2D eigenvalue weighted by molar-refractivity contribution is 6.06. The molecule has 154 valence electrons. The monoisotopic (exact) mass is 403 g/mol. The zero-order valence-electron chi connectivity index (χ0n) is 17.0. The Kier molecular flexibility index (Phi) is 7.50. The fourth-order valence-corrected chi connectivity index (χ4v) is 2.68. The van der Waals surface area contributed by atoms with E-state index in [0.29, 0.717) is 42.6 Å². The first-order valence-electron chi connectivity index (χ1n) is 9.70. The number of carbonyl (C=O) groups is 1. The smallest absolute Gasteiger partial charge is 0.259 e. The van der Waals surface area contributed by atoms with Gasteiger partial charge in [-0.05, 0) is 48.9 Å². The zero-order valence-corrected chi connectivity index (χ0v) is 17.0. The molecule has 0 saturated carbocycles. The summed E-state index contributed by atoms with van der Waals surface area (Å²) in [5, 5.41) is 2.89. The van der Waals surface area contributed by atoms with Crippen LogP contribution in [0.2, 0.25) is 0 Å². The highest BCUT2D eigenvalue weighted by atomic mass is 16.5. The van der Waals surface area contributed by atoms with Crippen LogP contribution in [0.15, 0.2) is 91.0 Å². The van der Waals surface area contributed by atoms with Crippen LogP contribution in [0.3, 0.4) is 0 Å². The molecule has 5 nitrogen and oxygen atoms in total. The molecule has 0 radical (unpaired) electrons. The quantitative estimate of drug-likeness (QED) is 0.366. The summed E-state index contributed by atoms with van der Waals surface area (Å²) in [5.41, 5.74) is 1.98. The summed E-state index contributed by atoms with van der Waals surface area (Å²) in [7, 11) is 0. The van der Waals surface area contributed by atoms with Gasteiger partial charge in [0.15, 0.2) is 0 Å². The van der Waals surface area contributed by atoms with Crippen LogP contribution < -0.4 is 19.5 Å². The van der Waals surface area contributed by atoms with Gasteiger partial charge >= 0.3 is 0 Å². The van der Waals surface area contributed by atoms with Gasteiger partial charge in [0.25, 0.3) is 5.91 Å². The predicted octanol–water partition coefficient (Wildman–Crippen LogP) is 5.35. The summed E-state index contributed by atoms with van der Waals surface area (Å²) >= 11 is 0. The minimum absolute atomic E-state index is 0.253. The lowest BCUT2D eigenvalue weighted by Crippen LogP contribution is -2.14. The Labute approximate surface area is 176 Å². The van der Waals surface area contributed by atoms with E-state index in [-0.39, 0.29) is 5.91 Å². The van der Waals surface area contributed by atoms with Crippen molar-refractivity contribution in [3.63, 3.8) is 0 Å². The van der Waals surface area contributed by atoms with Crippen LogP contribution in [0.5, 0.6) is 17.2 Å². The van der Waals surface area contributed by atoms with E-state index in [9.17, 15) is 4.79 Å². The van der Waals surface area contributed by atoms with Gasteiger partial charge in [-0.3, -0.25) is 4.79 Å². The molecule has 30 heavy (non-hydrogen) atoms. The summed E-state index contributed by atoms with van der Waals surface area (Å²) in [6.45, 7) is 6.87. The number of amides is 1. The molecule has 0 aliphatic heterocycles. The summed E-state index contributed by atoms with van der Waals surface area (Å²) in [5.74, 6) is 1.71. The molecule has 0 heterocycles. The maximum absolute atomic E-state index is 12.7. The van der Waals surface area contributed by atoms with Gasteiger partial charge in [0, 0.05) is 11.8 Å². The van der Waals surface area contributed by atoms with E-state index in [4.69, 9.17) is 14.2 Å². The van der Waals surface area contributed by atoms with Crippen LogP contribution in [0.25, 0.3) is 0 Å². The molecule has 0 aromatic heterocycles. The van der Waals surface area contributed by atoms with Crippen LogP contribution in [-0.4, -0.2) is 25.7 Å². The van der Waals surface area contributed by atoms with Gasteiger partial charge in [0.05, 0.1) is 5.56 Å². The van der Waals surface area contributed by atoms with Crippen molar-refractivity contribution in [2.75, 3.05) is 25.1 Å². The third-order valence-electron chi connectivity index (χ3n) is 4.06. The minimum Gasteiger partial charge on any atom is -0.490 e. The number of hydrogen-bond donors (Lipinski definition) is 1. The van der Waals surface area contributed by atoms with E-state index in [1.165, 1.54) is 0 Å². The molecular weight excluding hydrogens is 378 g/mol. The molecule has 0 spiro atoms. The standard InChI is InChI=1S/C25H25NO4/c1-19(2)18-30-24-14-7-6-13-23(24)25(27)26-20-9-8-12-22(17-20)29-16-15-28-21-10-4-3-5-11-21/h3-14,17H,1,15-16,18H2,2H3,(H,26,27). The molecule has 3 aromatic carbocycles. The molecule has 0 unspecified atom stereocenters. The summed E-state index contributed by atoms with van der Waals surface area (Å²) in [6.07, 6.45) is 0. The maximum Gasteiger partial charge on any atom is 0.259 e. The third kappa shape index (κ3) is 6.41. The van der Waals surface area contributed by atoms with Crippen LogP contribution in [0, 0.1) is 0 Å². The second kappa shape index (κ2) is 10.7. The first-order chi connectivity index (χ1) is 14.6. The molecule has 0 atom stereocenters. The Morgan fingerprint density at radius 2 is 1.50 bits per heavy atom. The second-order valence-corrected chi connectivity index (χ2v) is 6.73. The highest BCUT2D eigenvalue weighted by Gasteiger charge is 2.13. The van der Waals surface area contributed by atoms with Gasteiger partial charge in [-0.15, -0.1) is 0 Å². The molecule has 5 heteroatoms. The van der Waals surface area contributed by atoms with E-state index in [0.717, 1.165) is 11.3 Å². The lowest BCUT2D eigenvalue weighted by Gasteiger charge is -2.13. The molecule has 0 fully saturated rings. The SMILES string of the molecule is C=C(C)COc1ccccc1C(=O)Nc1cccc(OCCOc2ccccc2)c1. The largest absolute Gasteiger partial charge is 0.490 e. The van der Waals surface area contributed by atoms with Crippen molar-refractivity contribution >= 4 is 11.6 Å². The predicted molar refractivity (Wildman–Crippen MR) is 119 cm³/mol. The average Bonchev–Trinajstić information content (AvgIpc) is 2.76. The Morgan fingerprint density at radius 3 is 2.27 bits per heavy atom. The normalized spacial score (nSPS) is 10.2. The van der Waals surface area contributed by atoms with Crippen molar-refractivity contribution in [1.29, 1.82) is 0 Å². The van der Waals surface area contributed by atoms with Gasteiger partial charge in [-0.25, -0.2) is 0 Å². The Bertz CT molecular complexity index is 985. The Balaban J connectivity index is 1.56. The minimum atomic E-state index is -0.253. The second-order valence-electron chi connectivity index (χ2n) is 6.73. The van der Waals surface area contributed by atoms with Crippen LogP contribution in [0.4, 0.5) is 5.69 Å². The maximum atomic E-state index is 12.7. The van der Waals surface area contributed by atoms with E-state index in [1.54, 1.807) is 24.3 Å². The van der Waals surface area contributed by atoms with Gasteiger partial charge in [-0.1, -0.05) is 43.0 Å². The van der Waals surface area contributed by atoms with Crippen LogP contribution in [0.1, 0.15) is 17.3 Å². The fraction of sp³-hybridized carbons (Fsp3) is 0.160. The molecule has 0 saturated heterocycles. The van der Waals surface area contributed by atoms with E-state index in [2.05, 4.69) is 11.9 Å². The average molecular weight is 403 g/mol. The van der Waals surface area contributed by atoms with Gasteiger partial charge < -0.3 is 19.5 Å². The first kappa shape index (κ1) is 21.0. The molecule has 3 rings (SSSR count). The number of benzene rings is 3. The van der Waals surface area contributed by atoms with Gasteiger partial charge in [-0.2, -0.15) is 0 Å². The van der Waals surface area contributed by atoms with E-state index < -0.39 is 0 Å². The van der Waals surface area contributed by atoms with Gasteiger partial charge in [0.1, 0.15) is 37.1 Å². The number of ether oxygens (including phenoxy) is 3.